The van der Waals surface area contributed by atoms with Crippen LogP contribution in [0.4, 0.5) is 0 Å². The lowest BCUT2D eigenvalue weighted by atomic mass is 10.2. The third-order valence-electron chi connectivity index (χ3n) is 3.67. The van der Waals surface area contributed by atoms with E-state index >= 15 is 0 Å². The number of amides is 2. The number of hydrogen-bond acceptors (Lipinski definition) is 3. The Balaban J connectivity index is 1.68. The standard InChI is InChI=1S/C13H22N2O3/c16-10-2-1-3-12(17)14-6-8-15(9-7-14)13(18)11-4-5-11/h11,16H,1-10H2. The lowest BCUT2D eigenvalue weighted by molar-refractivity contribution is -0.140. The Morgan fingerprint density at radius 1 is 1.00 bits per heavy atom. The summed E-state index contributed by atoms with van der Waals surface area (Å²) in [6.07, 6.45) is 4.03. The van der Waals surface area contributed by atoms with Crippen molar-refractivity contribution in [1.82, 2.24) is 9.80 Å². The molecule has 1 aliphatic heterocycles. The molecule has 0 atom stereocenters. The largest absolute Gasteiger partial charge is 0.396 e. The Kier molecular flexibility index (Phi) is 4.58. The highest BCUT2D eigenvalue weighted by atomic mass is 16.3. The quantitative estimate of drug-likeness (QED) is 0.714. The number of carbonyl (C=O) groups is 2. The van der Waals surface area contributed by atoms with Gasteiger partial charge in [0.25, 0.3) is 0 Å². The maximum absolute atomic E-state index is 11.8. The highest BCUT2D eigenvalue weighted by Gasteiger charge is 2.34. The highest BCUT2D eigenvalue weighted by molar-refractivity contribution is 5.81. The van der Waals surface area contributed by atoms with Crippen molar-refractivity contribution < 1.29 is 14.7 Å². The van der Waals surface area contributed by atoms with E-state index in [1.54, 1.807) is 0 Å². The monoisotopic (exact) mass is 254 g/mol. The van der Waals surface area contributed by atoms with Crippen LogP contribution in [0.2, 0.25) is 0 Å². The molecule has 1 N–H and O–H groups in total. The second kappa shape index (κ2) is 6.18. The number of hydrogen-bond donors (Lipinski definition) is 1. The second-order valence-corrected chi connectivity index (χ2v) is 5.16. The minimum Gasteiger partial charge on any atom is -0.396 e. The Bertz CT molecular complexity index is 307. The minimum atomic E-state index is 0.150. The van der Waals surface area contributed by atoms with Gasteiger partial charge in [-0.05, 0) is 25.7 Å². The van der Waals surface area contributed by atoms with Gasteiger partial charge in [0.2, 0.25) is 11.8 Å². The first-order valence-corrected chi connectivity index (χ1v) is 6.90. The van der Waals surface area contributed by atoms with E-state index in [9.17, 15) is 9.59 Å². The molecule has 2 rings (SSSR count). The van der Waals surface area contributed by atoms with Gasteiger partial charge in [-0.3, -0.25) is 9.59 Å². The van der Waals surface area contributed by atoms with E-state index in [0.717, 1.165) is 19.3 Å². The Labute approximate surface area is 108 Å². The average Bonchev–Trinajstić information content (AvgIpc) is 3.22. The van der Waals surface area contributed by atoms with Crippen LogP contribution in [0.5, 0.6) is 0 Å². The molecule has 0 spiro atoms. The van der Waals surface area contributed by atoms with Gasteiger partial charge in [0.05, 0.1) is 0 Å². The zero-order chi connectivity index (χ0) is 13.0. The van der Waals surface area contributed by atoms with Crippen LogP contribution in [0.25, 0.3) is 0 Å². The summed E-state index contributed by atoms with van der Waals surface area (Å²) in [5.74, 6) is 0.709. The fourth-order valence-corrected chi connectivity index (χ4v) is 2.31. The molecule has 1 heterocycles. The van der Waals surface area contributed by atoms with Crippen molar-refractivity contribution in [3.63, 3.8) is 0 Å². The number of carbonyl (C=O) groups excluding carboxylic acids is 2. The van der Waals surface area contributed by atoms with Crippen LogP contribution in [0.15, 0.2) is 0 Å². The number of rotatable bonds is 5. The third-order valence-corrected chi connectivity index (χ3v) is 3.67. The van der Waals surface area contributed by atoms with Gasteiger partial charge in [-0.2, -0.15) is 0 Å². The van der Waals surface area contributed by atoms with Gasteiger partial charge < -0.3 is 14.9 Å². The van der Waals surface area contributed by atoms with E-state index in [1.165, 1.54) is 0 Å². The van der Waals surface area contributed by atoms with Crippen molar-refractivity contribution in [2.24, 2.45) is 5.92 Å². The number of aliphatic hydroxyl groups is 1. The summed E-state index contributed by atoms with van der Waals surface area (Å²) in [6, 6.07) is 0. The first-order valence-electron chi connectivity index (χ1n) is 6.90. The average molecular weight is 254 g/mol. The SMILES string of the molecule is O=C(CCCCO)N1CCN(C(=O)C2CC2)CC1. The summed E-state index contributed by atoms with van der Waals surface area (Å²) >= 11 is 0. The van der Waals surface area contributed by atoms with Crippen LogP contribution in [0.3, 0.4) is 0 Å². The normalized spacial score (nSPS) is 20.1. The predicted molar refractivity (Wildman–Crippen MR) is 66.8 cm³/mol. The van der Waals surface area contributed by atoms with Crippen molar-refractivity contribution in [2.45, 2.75) is 32.1 Å². The zero-order valence-electron chi connectivity index (χ0n) is 10.8. The lowest BCUT2D eigenvalue weighted by Gasteiger charge is -2.35. The van der Waals surface area contributed by atoms with Crippen molar-refractivity contribution >= 4 is 11.8 Å². The fraction of sp³-hybridized carbons (Fsp3) is 0.846. The molecule has 5 nitrogen and oxygen atoms in total. The van der Waals surface area contributed by atoms with Crippen LogP contribution < -0.4 is 0 Å². The van der Waals surface area contributed by atoms with Gasteiger partial charge in [0.1, 0.15) is 0 Å². The molecule has 0 aromatic heterocycles. The van der Waals surface area contributed by atoms with E-state index in [4.69, 9.17) is 5.11 Å². The predicted octanol–water partition coefficient (Wildman–Crippen LogP) is 0.230. The van der Waals surface area contributed by atoms with Crippen molar-refractivity contribution in [3.05, 3.63) is 0 Å². The van der Waals surface area contributed by atoms with Gasteiger partial charge >= 0.3 is 0 Å². The van der Waals surface area contributed by atoms with Crippen molar-refractivity contribution in [2.75, 3.05) is 32.8 Å². The van der Waals surface area contributed by atoms with Crippen molar-refractivity contribution in [1.29, 1.82) is 0 Å². The summed E-state index contributed by atoms with van der Waals surface area (Å²) in [6.45, 7) is 2.84. The highest BCUT2D eigenvalue weighted by Crippen LogP contribution is 2.31. The third kappa shape index (κ3) is 3.45. The van der Waals surface area contributed by atoms with Crippen LogP contribution in [0, 0.1) is 5.92 Å². The molecule has 102 valence electrons. The Hall–Kier alpha value is -1.10. The molecule has 5 heteroatoms. The van der Waals surface area contributed by atoms with E-state index in [1.807, 2.05) is 9.80 Å². The van der Waals surface area contributed by atoms with E-state index in [-0.39, 0.29) is 24.3 Å². The van der Waals surface area contributed by atoms with Crippen LogP contribution in [-0.2, 0) is 9.59 Å². The first kappa shape index (κ1) is 13.3. The molecule has 2 amide bonds. The molecule has 0 bridgehead atoms. The van der Waals surface area contributed by atoms with Gasteiger partial charge in [0, 0.05) is 45.1 Å². The Morgan fingerprint density at radius 3 is 2.17 bits per heavy atom. The molecule has 2 aliphatic rings. The van der Waals surface area contributed by atoms with Crippen LogP contribution in [-0.4, -0.2) is 59.5 Å². The zero-order valence-corrected chi connectivity index (χ0v) is 10.8. The van der Waals surface area contributed by atoms with E-state index < -0.39 is 0 Å². The van der Waals surface area contributed by atoms with E-state index in [0.29, 0.717) is 39.0 Å². The molecular weight excluding hydrogens is 232 g/mol. The second-order valence-electron chi connectivity index (χ2n) is 5.16. The molecular formula is C13H22N2O3. The summed E-state index contributed by atoms with van der Waals surface area (Å²) in [7, 11) is 0. The fourth-order valence-electron chi connectivity index (χ4n) is 2.31. The van der Waals surface area contributed by atoms with E-state index in [2.05, 4.69) is 0 Å². The molecule has 2 fully saturated rings. The summed E-state index contributed by atoms with van der Waals surface area (Å²) in [5.41, 5.74) is 0. The maximum Gasteiger partial charge on any atom is 0.225 e. The first-order chi connectivity index (χ1) is 8.72. The molecule has 1 aliphatic carbocycles. The summed E-state index contributed by atoms with van der Waals surface area (Å²) in [5, 5.41) is 8.67. The number of piperazine rings is 1. The van der Waals surface area contributed by atoms with Crippen molar-refractivity contribution in [3.8, 4) is 0 Å². The minimum absolute atomic E-state index is 0.150. The van der Waals surface area contributed by atoms with Gasteiger partial charge in [-0.25, -0.2) is 0 Å². The molecule has 1 saturated carbocycles. The molecule has 0 aromatic carbocycles. The van der Waals surface area contributed by atoms with Crippen LogP contribution >= 0.6 is 0 Å². The topological polar surface area (TPSA) is 60.9 Å². The molecule has 18 heavy (non-hydrogen) atoms. The van der Waals surface area contributed by atoms with Gasteiger partial charge in [0.15, 0.2) is 0 Å². The summed E-state index contributed by atoms with van der Waals surface area (Å²) < 4.78 is 0. The number of aliphatic hydroxyl groups excluding tert-OH is 1. The van der Waals surface area contributed by atoms with Crippen LogP contribution in [0.1, 0.15) is 32.1 Å². The smallest absolute Gasteiger partial charge is 0.225 e. The Morgan fingerprint density at radius 2 is 1.61 bits per heavy atom. The maximum atomic E-state index is 11.8. The van der Waals surface area contributed by atoms with Gasteiger partial charge in [-0.15, -0.1) is 0 Å². The molecule has 0 radical (unpaired) electrons. The molecule has 0 aromatic rings. The lowest BCUT2D eigenvalue weighted by Crippen LogP contribution is -2.51. The molecule has 0 unspecified atom stereocenters. The summed E-state index contributed by atoms with van der Waals surface area (Å²) in [4.78, 5) is 27.4. The number of unbranched alkanes of at least 4 members (excludes halogenated alkanes) is 1. The molecule has 1 saturated heterocycles. The number of nitrogens with zero attached hydrogens (tertiary/aromatic N) is 2. The van der Waals surface area contributed by atoms with Gasteiger partial charge in [-0.1, -0.05) is 0 Å².